The van der Waals surface area contributed by atoms with Crippen LogP contribution in [0.15, 0.2) is 77.7 Å². The molecule has 0 aliphatic heterocycles. The number of hydrogen-bond acceptors (Lipinski definition) is 4. The highest BCUT2D eigenvalue weighted by Gasteiger charge is 2.33. The van der Waals surface area contributed by atoms with E-state index >= 15 is 0 Å². The lowest BCUT2D eigenvalue weighted by Crippen LogP contribution is -2.52. The summed E-state index contributed by atoms with van der Waals surface area (Å²) in [5.41, 5.74) is 4.13. The summed E-state index contributed by atoms with van der Waals surface area (Å²) < 4.78 is 29.1. The smallest absolute Gasteiger partial charge is 0.264 e. The maximum Gasteiger partial charge on any atom is 0.264 e. The molecule has 1 aliphatic rings. The zero-order chi connectivity index (χ0) is 28.9. The highest BCUT2D eigenvalue weighted by molar-refractivity contribution is 7.92. The summed E-state index contributed by atoms with van der Waals surface area (Å²) in [7, 11) is -4.08. The summed E-state index contributed by atoms with van der Waals surface area (Å²) in [4.78, 5) is 28.9. The monoisotopic (exact) mass is 561 g/mol. The molecule has 0 unspecified atom stereocenters. The molecule has 0 spiro atoms. The minimum Gasteiger partial charge on any atom is -0.352 e. The predicted octanol–water partition coefficient (Wildman–Crippen LogP) is 5.28. The maximum atomic E-state index is 14.0. The van der Waals surface area contributed by atoms with Gasteiger partial charge in [-0.25, -0.2) is 8.42 Å². The van der Waals surface area contributed by atoms with Crippen LogP contribution in [0.4, 0.5) is 5.69 Å². The topological polar surface area (TPSA) is 86.8 Å². The number of aryl methyl sites for hydroxylation is 3. The van der Waals surface area contributed by atoms with Crippen molar-refractivity contribution in [3.63, 3.8) is 0 Å². The van der Waals surface area contributed by atoms with Gasteiger partial charge in [-0.3, -0.25) is 13.9 Å². The van der Waals surface area contributed by atoms with E-state index in [0.29, 0.717) is 5.69 Å². The number of amides is 2. The average molecular weight is 562 g/mol. The molecule has 1 saturated carbocycles. The summed E-state index contributed by atoms with van der Waals surface area (Å²) in [5.74, 6) is -0.679. The number of carbonyl (C=O) groups is 2. The van der Waals surface area contributed by atoms with Gasteiger partial charge in [0.05, 0.1) is 10.6 Å². The number of anilines is 1. The minimum absolute atomic E-state index is 0.103. The SMILES string of the molecule is Cc1ccc(S(=O)(=O)N(CC(=O)N(Cc2ccccc2)[C@@H](C)C(=O)NC2CCCC2)c2ccc(C)c(C)c2)cc1. The van der Waals surface area contributed by atoms with Crippen molar-refractivity contribution in [2.45, 2.75) is 76.9 Å². The van der Waals surface area contributed by atoms with Crippen molar-refractivity contribution in [3.05, 3.63) is 95.1 Å². The van der Waals surface area contributed by atoms with Gasteiger partial charge in [0.25, 0.3) is 10.0 Å². The normalized spacial score (nSPS) is 14.5. The highest BCUT2D eigenvalue weighted by Crippen LogP contribution is 2.27. The molecule has 7 nitrogen and oxygen atoms in total. The standard InChI is InChI=1S/C32H39N3O4S/c1-23-14-18-30(19-15-23)40(38,39)35(29-17-16-24(2)25(3)20-29)22-31(36)34(21-27-10-6-5-7-11-27)26(4)32(37)33-28-12-8-9-13-28/h5-7,10-11,14-20,26,28H,8-9,12-13,21-22H2,1-4H3,(H,33,37)/t26-/m0/s1. The van der Waals surface area contributed by atoms with Crippen molar-refractivity contribution in [1.29, 1.82) is 0 Å². The van der Waals surface area contributed by atoms with E-state index in [1.165, 1.54) is 4.90 Å². The van der Waals surface area contributed by atoms with E-state index in [9.17, 15) is 18.0 Å². The summed E-state index contributed by atoms with van der Waals surface area (Å²) in [6.45, 7) is 7.21. The first-order valence-corrected chi connectivity index (χ1v) is 15.3. The second-order valence-corrected chi connectivity index (χ2v) is 12.6. The van der Waals surface area contributed by atoms with Gasteiger partial charge in [0, 0.05) is 12.6 Å². The average Bonchev–Trinajstić information content (AvgIpc) is 3.45. The maximum absolute atomic E-state index is 14.0. The van der Waals surface area contributed by atoms with E-state index < -0.39 is 28.5 Å². The summed E-state index contributed by atoms with van der Waals surface area (Å²) in [6.07, 6.45) is 4.02. The summed E-state index contributed by atoms with van der Waals surface area (Å²) in [5, 5.41) is 3.10. The lowest BCUT2D eigenvalue weighted by atomic mass is 10.1. The van der Waals surface area contributed by atoms with Crippen molar-refractivity contribution < 1.29 is 18.0 Å². The Balaban J connectivity index is 1.69. The number of nitrogens with zero attached hydrogens (tertiary/aromatic N) is 2. The first-order valence-electron chi connectivity index (χ1n) is 13.9. The zero-order valence-corrected chi connectivity index (χ0v) is 24.6. The van der Waals surface area contributed by atoms with Gasteiger partial charge in [-0.2, -0.15) is 0 Å². The molecule has 0 radical (unpaired) electrons. The first-order chi connectivity index (χ1) is 19.1. The van der Waals surface area contributed by atoms with Gasteiger partial charge in [-0.15, -0.1) is 0 Å². The third kappa shape index (κ3) is 6.91. The Labute approximate surface area is 238 Å². The van der Waals surface area contributed by atoms with Crippen LogP contribution in [0.5, 0.6) is 0 Å². The van der Waals surface area contributed by atoms with Crippen LogP contribution in [0, 0.1) is 20.8 Å². The minimum atomic E-state index is -4.08. The zero-order valence-electron chi connectivity index (χ0n) is 23.8. The van der Waals surface area contributed by atoms with Gasteiger partial charge in [0.2, 0.25) is 11.8 Å². The molecule has 8 heteroatoms. The molecule has 3 aromatic carbocycles. The third-order valence-electron chi connectivity index (χ3n) is 7.73. The van der Waals surface area contributed by atoms with Crippen molar-refractivity contribution in [2.24, 2.45) is 0 Å². The van der Waals surface area contributed by atoms with E-state index in [2.05, 4.69) is 5.32 Å². The van der Waals surface area contributed by atoms with Crippen molar-refractivity contribution in [3.8, 4) is 0 Å². The Morgan fingerprint density at radius 2 is 1.55 bits per heavy atom. The number of carbonyl (C=O) groups excluding carboxylic acids is 2. The largest absolute Gasteiger partial charge is 0.352 e. The number of rotatable bonds is 10. The summed E-state index contributed by atoms with van der Waals surface area (Å²) >= 11 is 0. The number of sulfonamides is 1. The Morgan fingerprint density at radius 1 is 0.900 bits per heavy atom. The Kier molecular flexibility index (Phi) is 9.30. The molecule has 1 atom stereocenters. The summed E-state index contributed by atoms with van der Waals surface area (Å²) in [6, 6.07) is 20.7. The number of benzene rings is 3. The highest BCUT2D eigenvalue weighted by atomic mass is 32.2. The molecule has 1 fully saturated rings. The van der Waals surface area contributed by atoms with E-state index in [1.54, 1.807) is 43.3 Å². The quantitative estimate of drug-likeness (QED) is 0.365. The Hall–Kier alpha value is -3.65. The van der Waals surface area contributed by atoms with Crippen LogP contribution in [0.3, 0.4) is 0 Å². The van der Waals surface area contributed by atoms with Crippen molar-refractivity contribution in [2.75, 3.05) is 10.8 Å². The van der Waals surface area contributed by atoms with E-state index in [-0.39, 0.29) is 23.4 Å². The van der Waals surface area contributed by atoms with Crippen LogP contribution in [0.25, 0.3) is 0 Å². The molecule has 0 aromatic heterocycles. The first kappa shape index (κ1) is 29.3. The lowest BCUT2D eigenvalue weighted by Gasteiger charge is -2.32. The second kappa shape index (κ2) is 12.7. The fourth-order valence-corrected chi connectivity index (χ4v) is 6.41. The van der Waals surface area contributed by atoms with Gasteiger partial charge in [0.1, 0.15) is 12.6 Å². The van der Waals surface area contributed by atoms with Gasteiger partial charge in [0.15, 0.2) is 0 Å². The Morgan fingerprint density at radius 3 is 2.17 bits per heavy atom. The van der Waals surface area contributed by atoms with Gasteiger partial charge in [-0.1, -0.05) is 66.9 Å². The fraction of sp³-hybridized carbons (Fsp3) is 0.375. The van der Waals surface area contributed by atoms with Gasteiger partial charge < -0.3 is 10.2 Å². The van der Waals surface area contributed by atoms with E-state index in [0.717, 1.165) is 52.2 Å². The fourth-order valence-electron chi connectivity index (χ4n) is 5.00. The molecule has 1 aliphatic carbocycles. The van der Waals surface area contributed by atoms with Gasteiger partial charge >= 0.3 is 0 Å². The predicted molar refractivity (Wildman–Crippen MR) is 158 cm³/mol. The Bertz CT molecular complexity index is 1430. The molecular formula is C32H39N3O4S. The molecular weight excluding hydrogens is 522 g/mol. The van der Waals surface area contributed by atoms with Crippen LogP contribution < -0.4 is 9.62 Å². The van der Waals surface area contributed by atoms with Crippen LogP contribution >= 0.6 is 0 Å². The number of nitrogens with one attached hydrogen (secondary N) is 1. The molecule has 0 saturated heterocycles. The van der Waals surface area contributed by atoms with Crippen LogP contribution in [-0.2, 0) is 26.2 Å². The molecule has 212 valence electrons. The molecule has 40 heavy (non-hydrogen) atoms. The van der Waals surface area contributed by atoms with Crippen LogP contribution in [0.2, 0.25) is 0 Å². The molecule has 0 heterocycles. The molecule has 2 amide bonds. The van der Waals surface area contributed by atoms with Crippen molar-refractivity contribution in [1.82, 2.24) is 10.2 Å². The third-order valence-corrected chi connectivity index (χ3v) is 9.52. The van der Waals surface area contributed by atoms with Gasteiger partial charge in [-0.05, 0) is 81.5 Å². The van der Waals surface area contributed by atoms with Crippen LogP contribution in [0.1, 0.15) is 54.9 Å². The lowest BCUT2D eigenvalue weighted by molar-refractivity contribution is -0.139. The van der Waals surface area contributed by atoms with Crippen molar-refractivity contribution >= 4 is 27.5 Å². The van der Waals surface area contributed by atoms with E-state index in [4.69, 9.17) is 0 Å². The number of hydrogen-bond donors (Lipinski definition) is 1. The van der Waals surface area contributed by atoms with E-state index in [1.807, 2.05) is 57.2 Å². The molecule has 0 bridgehead atoms. The second-order valence-electron chi connectivity index (χ2n) is 10.8. The molecule has 3 aromatic rings. The van der Waals surface area contributed by atoms with Crippen LogP contribution in [-0.4, -0.2) is 43.8 Å². The molecule has 4 rings (SSSR count). The molecule has 1 N–H and O–H groups in total.